The molecular formula is C12H26ClN. The average molecular weight is 220 g/mol. The summed E-state index contributed by atoms with van der Waals surface area (Å²) in [6.45, 7) is 5.80. The van der Waals surface area contributed by atoms with Crippen LogP contribution in [0.3, 0.4) is 0 Å². The number of alkyl halides is 1. The normalized spacial score (nSPS) is 11.6. The monoisotopic (exact) mass is 219 g/mol. The van der Waals surface area contributed by atoms with Gasteiger partial charge in [0.15, 0.2) is 0 Å². The van der Waals surface area contributed by atoms with Gasteiger partial charge in [0, 0.05) is 11.9 Å². The molecule has 86 valence electrons. The fourth-order valence-corrected chi connectivity index (χ4v) is 2.09. The molecule has 0 bridgehead atoms. The van der Waals surface area contributed by atoms with Crippen molar-refractivity contribution in [3.63, 3.8) is 0 Å². The van der Waals surface area contributed by atoms with Gasteiger partial charge in [0.2, 0.25) is 0 Å². The van der Waals surface area contributed by atoms with Gasteiger partial charge in [-0.3, -0.25) is 0 Å². The minimum absolute atomic E-state index is 0.781. The Morgan fingerprint density at radius 2 is 1.57 bits per heavy atom. The van der Waals surface area contributed by atoms with E-state index in [-0.39, 0.29) is 0 Å². The van der Waals surface area contributed by atoms with Gasteiger partial charge < -0.3 is 4.90 Å². The van der Waals surface area contributed by atoms with Crippen LogP contribution in [0, 0.1) is 0 Å². The Morgan fingerprint density at radius 3 is 2.07 bits per heavy atom. The van der Waals surface area contributed by atoms with Crippen molar-refractivity contribution in [2.45, 2.75) is 58.4 Å². The van der Waals surface area contributed by atoms with Crippen LogP contribution in [0.5, 0.6) is 0 Å². The van der Waals surface area contributed by atoms with E-state index in [0.717, 1.165) is 11.9 Å². The van der Waals surface area contributed by atoms with Crippen LogP contribution in [0.4, 0.5) is 0 Å². The third-order valence-electron chi connectivity index (χ3n) is 2.96. The largest absolute Gasteiger partial charge is 0.303 e. The van der Waals surface area contributed by atoms with Gasteiger partial charge in [0.1, 0.15) is 0 Å². The van der Waals surface area contributed by atoms with Crippen molar-refractivity contribution in [1.82, 2.24) is 4.90 Å². The van der Waals surface area contributed by atoms with E-state index in [2.05, 4.69) is 25.8 Å². The van der Waals surface area contributed by atoms with Crippen LogP contribution in [0.1, 0.15) is 52.4 Å². The lowest BCUT2D eigenvalue weighted by atomic mass is 10.1. The Bertz CT molecular complexity index is 113. The van der Waals surface area contributed by atoms with Crippen LogP contribution in [0.25, 0.3) is 0 Å². The first-order chi connectivity index (χ1) is 6.76. The molecule has 0 radical (unpaired) electrons. The highest BCUT2D eigenvalue weighted by molar-refractivity contribution is 6.17. The van der Waals surface area contributed by atoms with Gasteiger partial charge >= 0.3 is 0 Å². The van der Waals surface area contributed by atoms with Gasteiger partial charge in [-0.2, -0.15) is 0 Å². The fraction of sp³-hybridized carbons (Fsp3) is 1.00. The molecule has 0 aromatic heterocycles. The maximum atomic E-state index is 5.63. The van der Waals surface area contributed by atoms with E-state index in [0.29, 0.717) is 0 Å². The third-order valence-corrected chi connectivity index (χ3v) is 3.23. The molecule has 0 rings (SSSR count). The van der Waals surface area contributed by atoms with Gasteiger partial charge in [0.25, 0.3) is 0 Å². The SMILES string of the molecule is CCC(CC)N(C)CCCCCCCl. The topological polar surface area (TPSA) is 3.24 Å². The quantitative estimate of drug-likeness (QED) is 0.420. The molecule has 14 heavy (non-hydrogen) atoms. The summed E-state index contributed by atoms with van der Waals surface area (Å²) in [7, 11) is 2.25. The summed E-state index contributed by atoms with van der Waals surface area (Å²) in [5.74, 6) is 0.822. The molecule has 0 heterocycles. The van der Waals surface area contributed by atoms with Crippen molar-refractivity contribution in [3.05, 3.63) is 0 Å². The van der Waals surface area contributed by atoms with E-state index in [1.54, 1.807) is 0 Å². The predicted octanol–water partition coefficient (Wildman–Crippen LogP) is 3.91. The summed E-state index contributed by atoms with van der Waals surface area (Å²) < 4.78 is 0. The van der Waals surface area contributed by atoms with E-state index in [1.165, 1.54) is 45.1 Å². The molecule has 0 spiro atoms. The molecule has 0 aromatic rings. The minimum Gasteiger partial charge on any atom is -0.303 e. The number of hydrogen-bond acceptors (Lipinski definition) is 1. The number of nitrogens with zero attached hydrogens (tertiary/aromatic N) is 1. The molecule has 0 saturated carbocycles. The molecule has 0 aliphatic rings. The zero-order valence-corrected chi connectivity index (χ0v) is 10.8. The van der Waals surface area contributed by atoms with Crippen LogP contribution in [-0.2, 0) is 0 Å². The lowest BCUT2D eigenvalue weighted by Crippen LogP contribution is -2.31. The summed E-state index contributed by atoms with van der Waals surface area (Å²) in [5.41, 5.74) is 0. The maximum absolute atomic E-state index is 5.63. The van der Waals surface area contributed by atoms with Crippen LogP contribution in [0.15, 0.2) is 0 Å². The Balaban J connectivity index is 3.37. The summed E-state index contributed by atoms with van der Waals surface area (Å²) in [6.07, 6.45) is 7.67. The molecule has 2 heteroatoms. The number of hydrogen-bond donors (Lipinski definition) is 0. The second kappa shape index (κ2) is 9.79. The summed E-state index contributed by atoms with van der Waals surface area (Å²) in [5, 5.41) is 0. The molecule has 0 amide bonds. The van der Waals surface area contributed by atoms with Crippen molar-refractivity contribution in [2.75, 3.05) is 19.5 Å². The van der Waals surface area contributed by atoms with Crippen molar-refractivity contribution >= 4 is 11.6 Å². The summed E-state index contributed by atoms with van der Waals surface area (Å²) >= 11 is 5.63. The van der Waals surface area contributed by atoms with E-state index >= 15 is 0 Å². The molecule has 0 fully saturated rings. The maximum Gasteiger partial charge on any atom is 0.0223 e. The Labute approximate surface area is 94.8 Å². The van der Waals surface area contributed by atoms with Gasteiger partial charge in [0.05, 0.1) is 0 Å². The van der Waals surface area contributed by atoms with Crippen molar-refractivity contribution in [1.29, 1.82) is 0 Å². The Hall–Kier alpha value is 0.250. The van der Waals surface area contributed by atoms with Crippen molar-refractivity contribution in [3.8, 4) is 0 Å². The first kappa shape index (κ1) is 14.2. The molecule has 0 atom stereocenters. The molecule has 0 N–H and O–H groups in total. The lowest BCUT2D eigenvalue weighted by molar-refractivity contribution is 0.225. The van der Waals surface area contributed by atoms with Crippen molar-refractivity contribution < 1.29 is 0 Å². The van der Waals surface area contributed by atoms with E-state index in [1.807, 2.05) is 0 Å². The van der Waals surface area contributed by atoms with Gasteiger partial charge in [-0.25, -0.2) is 0 Å². The summed E-state index contributed by atoms with van der Waals surface area (Å²) in [4.78, 5) is 2.50. The van der Waals surface area contributed by atoms with E-state index in [9.17, 15) is 0 Å². The highest BCUT2D eigenvalue weighted by Gasteiger charge is 2.08. The highest BCUT2D eigenvalue weighted by atomic mass is 35.5. The smallest absolute Gasteiger partial charge is 0.0223 e. The lowest BCUT2D eigenvalue weighted by Gasteiger charge is -2.25. The number of rotatable bonds is 9. The minimum atomic E-state index is 0.781. The second-order valence-corrected chi connectivity index (χ2v) is 4.43. The molecule has 0 aliphatic carbocycles. The standard InChI is InChI=1S/C12H26ClN/c1-4-12(5-2)14(3)11-9-7-6-8-10-13/h12H,4-11H2,1-3H3. The Morgan fingerprint density at radius 1 is 1.00 bits per heavy atom. The average Bonchev–Trinajstić information content (AvgIpc) is 2.19. The van der Waals surface area contributed by atoms with Crippen LogP contribution >= 0.6 is 11.6 Å². The fourth-order valence-electron chi connectivity index (χ4n) is 1.90. The number of halogens is 1. The first-order valence-corrected chi connectivity index (χ1v) is 6.55. The summed E-state index contributed by atoms with van der Waals surface area (Å²) in [6, 6.07) is 0.781. The predicted molar refractivity (Wildman–Crippen MR) is 66.2 cm³/mol. The van der Waals surface area contributed by atoms with Gasteiger partial charge in [-0.15, -0.1) is 11.6 Å². The first-order valence-electron chi connectivity index (χ1n) is 6.02. The zero-order valence-electron chi connectivity index (χ0n) is 10.1. The number of unbranched alkanes of at least 4 members (excludes halogenated alkanes) is 3. The molecular weight excluding hydrogens is 194 g/mol. The molecule has 0 aromatic carbocycles. The Kier molecular flexibility index (Phi) is 9.97. The van der Waals surface area contributed by atoms with Gasteiger partial charge in [-0.1, -0.05) is 26.7 Å². The molecule has 0 unspecified atom stereocenters. The van der Waals surface area contributed by atoms with Gasteiger partial charge in [-0.05, 0) is 39.3 Å². The van der Waals surface area contributed by atoms with Crippen molar-refractivity contribution in [2.24, 2.45) is 0 Å². The van der Waals surface area contributed by atoms with Crippen LogP contribution < -0.4 is 0 Å². The van der Waals surface area contributed by atoms with Crippen LogP contribution in [-0.4, -0.2) is 30.4 Å². The third kappa shape index (κ3) is 6.67. The molecule has 0 aliphatic heterocycles. The van der Waals surface area contributed by atoms with Crippen LogP contribution in [0.2, 0.25) is 0 Å². The second-order valence-electron chi connectivity index (χ2n) is 4.05. The van der Waals surface area contributed by atoms with E-state index < -0.39 is 0 Å². The molecule has 1 nitrogen and oxygen atoms in total. The highest BCUT2D eigenvalue weighted by Crippen LogP contribution is 2.08. The molecule has 0 saturated heterocycles. The van der Waals surface area contributed by atoms with E-state index in [4.69, 9.17) is 11.6 Å². The zero-order chi connectivity index (χ0) is 10.8.